The van der Waals surface area contributed by atoms with Crippen LogP contribution >= 0.6 is 11.3 Å². The molecular formula is C20H30N6S. The lowest BCUT2D eigenvalue weighted by Crippen LogP contribution is -2.44. The maximum absolute atomic E-state index is 4.56. The summed E-state index contributed by atoms with van der Waals surface area (Å²) in [6.45, 7) is 8.07. The zero-order valence-electron chi connectivity index (χ0n) is 16.5. The summed E-state index contributed by atoms with van der Waals surface area (Å²) < 4.78 is 0. The minimum Gasteiger partial charge on any atom is -0.356 e. The number of hydrogen-bond donors (Lipinski definition) is 2. The number of anilines is 1. The van der Waals surface area contributed by atoms with Crippen LogP contribution < -0.4 is 15.5 Å². The van der Waals surface area contributed by atoms with Crippen molar-refractivity contribution in [1.29, 1.82) is 0 Å². The second-order valence-electron chi connectivity index (χ2n) is 7.04. The van der Waals surface area contributed by atoms with Crippen molar-refractivity contribution in [3.8, 4) is 0 Å². The van der Waals surface area contributed by atoms with E-state index in [0.29, 0.717) is 5.92 Å². The molecule has 0 amide bonds. The Balaban J connectivity index is 1.50. The lowest BCUT2D eigenvalue weighted by molar-refractivity contribution is 0.312. The molecule has 0 spiro atoms. The first-order valence-electron chi connectivity index (χ1n) is 9.52. The molecule has 0 radical (unpaired) electrons. The number of aliphatic imine (C=N–C) groups is 1. The Kier molecular flexibility index (Phi) is 7.06. The van der Waals surface area contributed by atoms with Crippen LogP contribution in [0.1, 0.15) is 23.3 Å². The quantitative estimate of drug-likeness (QED) is 0.590. The Bertz CT molecular complexity index is 722. The van der Waals surface area contributed by atoms with Crippen molar-refractivity contribution >= 4 is 23.1 Å². The number of aromatic nitrogens is 1. The maximum atomic E-state index is 4.56. The number of guanidine groups is 1. The molecule has 146 valence electrons. The van der Waals surface area contributed by atoms with E-state index < -0.39 is 0 Å². The van der Waals surface area contributed by atoms with Gasteiger partial charge in [-0.2, -0.15) is 0 Å². The Morgan fingerprint density at radius 3 is 2.78 bits per heavy atom. The number of nitrogens with one attached hydrogen (secondary N) is 2. The molecule has 2 N–H and O–H groups in total. The summed E-state index contributed by atoms with van der Waals surface area (Å²) in [5, 5.41) is 8.96. The molecule has 1 unspecified atom stereocenters. The predicted molar refractivity (Wildman–Crippen MR) is 115 cm³/mol. The molecule has 1 atom stereocenters. The fourth-order valence-corrected chi connectivity index (χ4v) is 3.89. The van der Waals surface area contributed by atoms with Crippen LogP contribution in [-0.2, 0) is 6.54 Å². The van der Waals surface area contributed by atoms with Crippen molar-refractivity contribution in [2.24, 2.45) is 4.99 Å². The monoisotopic (exact) mass is 386 g/mol. The molecule has 2 aromatic rings. The van der Waals surface area contributed by atoms with E-state index in [9.17, 15) is 0 Å². The summed E-state index contributed by atoms with van der Waals surface area (Å²) in [7, 11) is 3.98. The smallest absolute Gasteiger partial charge is 0.191 e. The van der Waals surface area contributed by atoms with Crippen molar-refractivity contribution < 1.29 is 0 Å². The van der Waals surface area contributed by atoms with Crippen LogP contribution in [0.25, 0.3) is 0 Å². The van der Waals surface area contributed by atoms with Crippen LogP contribution in [-0.4, -0.2) is 62.7 Å². The third-order valence-corrected chi connectivity index (χ3v) is 6.03. The van der Waals surface area contributed by atoms with Crippen LogP contribution in [0.4, 0.5) is 5.82 Å². The second kappa shape index (κ2) is 9.71. The number of piperazine rings is 1. The summed E-state index contributed by atoms with van der Waals surface area (Å²) in [4.78, 5) is 15.0. The molecule has 1 saturated heterocycles. The summed E-state index contributed by atoms with van der Waals surface area (Å²) in [5.74, 6) is 2.36. The van der Waals surface area contributed by atoms with Crippen LogP contribution in [0.2, 0.25) is 0 Å². The van der Waals surface area contributed by atoms with Crippen LogP contribution in [0.15, 0.2) is 40.8 Å². The highest BCUT2D eigenvalue weighted by atomic mass is 32.1. The van der Waals surface area contributed by atoms with Gasteiger partial charge in [0, 0.05) is 63.3 Å². The predicted octanol–water partition coefficient (Wildman–Crippen LogP) is 2.36. The average molecular weight is 387 g/mol. The van der Waals surface area contributed by atoms with Crippen LogP contribution in [0.3, 0.4) is 0 Å². The molecule has 0 bridgehead atoms. The van der Waals surface area contributed by atoms with Crippen molar-refractivity contribution in [2.45, 2.75) is 19.4 Å². The third-order valence-electron chi connectivity index (χ3n) is 4.93. The molecule has 2 aromatic heterocycles. The lowest BCUT2D eigenvalue weighted by atomic mass is 10.1. The summed E-state index contributed by atoms with van der Waals surface area (Å²) in [5.41, 5.74) is 1.22. The van der Waals surface area contributed by atoms with Gasteiger partial charge < -0.3 is 20.4 Å². The number of nitrogens with zero attached hydrogens (tertiary/aromatic N) is 4. The fourth-order valence-electron chi connectivity index (χ4n) is 3.11. The van der Waals surface area contributed by atoms with Crippen LogP contribution in [0.5, 0.6) is 0 Å². The second-order valence-corrected chi connectivity index (χ2v) is 8.02. The van der Waals surface area contributed by atoms with Crippen molar-refractivity contribution in [1.82, 2.24) is 20.5 Å². The number of thiophene rings is 1. The standard InChI is InChI=1S/C20H30N6S/c1-16(18-5-4-12-27-18)14-23-20(21-2)24-15-17-6-7-22-19(13-17)26-10-8-25(3)9-11-26/h4-7,12-13,16H,8-11,14-15H2,1-3H3,(H2,21,23,24). The van der Waals surface area contributed by atoms with Gasteiger partial charge in [0.25, 0.3) is 0 Å². The van der Waals surface area contributed by atoms with Crippen molar-refractivity contribution in [3.63, 3.8) is 0 Å². The average Bonchev–Trinajstić information content (AvgIpc) is 3.24. The first-order valence-corrected chi connectivity index (χ1v) is 10.4. The molecule has 27 heavy (non-hydrogen) atoms. The van der Waals surface area contributed by atoms with E-state index >= 15 is 0 Å². The zero-order valence-corrected chi connectivity index (χ0v) is 17.3. The van der Waals surface area contributed by atoms with Gasteiger partial charge in [-0.05, 0) is 36.2 Å². The molecule has 3 heterocycles. The molecule has 1 aliphatic heterocycles. The highest BCUT2D eigenvalue weighted by Crippen LogP contribution is 2.19. The van der Waals surface area contributed by atoms with Gasteiger partial charge in [0.15, 0.2) is 5.96 Å². The third kappa shape index (κ3) is 5.68. The maximum Gasteiger partial charge on any atom is 0.191 e. The largest absolute Gasteiger partial charge is 0.356 e. The van der Waals surface area contributed by atoms with Gasteiger partial charge in [-0.1, -0.05) is 13.0 Å². The van der Waals surface area contributed by atoms with E-state index in [1.54, 1.807) is 11.3 Å². The fraction of sp³-hybridized carbons (Fsp3) is 0.500. The molecule has 0 saturated carbocycles. The number of rotatable bonds is 6. The molecule has 0 aliphatic carbocycles. The van der Waals surface area contributed by atoms with Gasteiger partial charge in [-0.25, -0.2) is 4.98 Å². The Morgan fingerprint density at radius 2 is 2.07 bits per heavy atom. The van der Waals surface area contributed by atoms with E-state index in [2.05, 4.69) is 74.0 Å². The van der Waals surface area contributed by atoms with Gasteiger partial charge >= 0.3 is 0 Å². The van der Waals surface area contributed by atoms with Crippen molar-refractivity contribution in [3.05, 3.63) is 46.3 Å². The Morgan fingerprint density at radius 1 is 1.26 bits per heavy atom. The Hall–Kier alpha value is -2.12. The van der Waals surface area contributed by atoms with E-state index in [-0.39, 0.29) is 0 Å². The molecule has 1 fully saturated rings. The number of pyridine rings is 1. The zero-order chi connectivity index (χ0) is 19.1. The Labute approximate surface area is 166 Å². The van der Waals surface area contributed by atoms with Gasteiger partial charge in [0.2, 0.25) is 0 Å². The first kappa shape index (κ1) is 19.6. The van der Waals surface area contributed by atoms with E-state index in [0.717, 1.165) is 51.0 Å². The molecule has 1 aliphatic rings. The first-order chi connectivity index (χ1) is 13.2. The molecular weight excluding hydrogens is 356 g/mol. The van der Waals surface area contributed by atoms with E-state index in [4.69, 9.17) is 0 Å². The highest BCUT2D eigenvalue weighted by Gasteiger charge is 2.15. The van der Waals surface area contributed by atoms with Gasteiger partial charge in [-0.15, -0.1) is 11.3 Å². The summed E-state index contributed by atoms with van der Waals surface area (Å²) in [6, 6.07) is 8.53. The molecule has 0 aromatic carbocycles. The minimum atomic E-state index is 0.466. The van der Waals surface area contributed by atoms with Gasteiger partial charge in [-0.3, -0.25) is 4.99 Å². The van der Waals surface area contributed by atoms with Gasteiger partial charge in [0.1, 0.15) is 5.82 Å². The summed E-state index contributed by atoms with van der Waals surface area (Å²) >= 11 is 1.80. The van der Waals surface area contributed by atoms with Crippen LogP contribution in [0, 0.1) is 0 Å². The minimum absolute atomic E-state index is 0.466. The van der Waals surface area contributed by atoms with E-state index in [1.165, 1.54) is 10.4 Å². The number of likely N-dealkylation sites (N-methyl/N-ethyl adjacent to an activating group) is 1. The van der Waals surface area contributed by atoms with E-state index in [1.807, 2.05) is 13.2 Å². The van der Waals surface area contributed by atoms with Gasteiger partial charge in [0.05, 0.1) is 0 Å². The molecule has 6 nitrogen and oxygen atoms in total. The SMILES string of the molecule is CN=C(NCc1ccnc(N2CCN(C)CC2)c1)NCC(C)c1cccs1. The molecule has 3 rings (SSSR count). The molecule has 7 heteroatoms. The normalized spacial score (nSPS) is 17.0. The van der Waals surface area contributed by atoms with Crippen molar-refractivity contribution in [2.75, 3.05) is 51.7 Å². The lowest BCUT2D eigenvalue weighted by Gasteiger charge is -2.33. The topological polar surface area (TPSA) is 55.8 Å². The highest BCUT2D eigenvalue weighted by molar-refractivity contribution is 7.10. The number of hydrogen-bond acceptors (Lipinski definition) is 5. The summed E-state index contributed by atoms with van der Waals surface area (Å²) in [6.07, 6.45) is 1.90.